The van der Waals surface area contributed by atoms with Gasteiger partial charge in [-0.2, -0.15) is 4.40 Å². The molecule has 0 saturated heterocycles. The summed E-state index contributed by atoms with van der Waals surface area (Å²) in [5.41, 5.74) is 1.10. The molecule has 1 rings (SSSR count). The van der Waals surface area contributed by atoms with Crippen molar-refractivity contribution in [1.82, 2.24) is 0 Å². The quantitative estimate of drug-likeness (QED) is 0.613. The van der Waals surface area contributed by atoms with Crippen LogP contribution >= 0.6 is 0 Å². The van der Waals surface area contributed by atoms with Crippen LogP contribution in [-0.2, 0) is 22.1 Å². The van der Waals surface area contributed by atoms with E-state index in [-0.39, 0.29) is 4.75 Å². The molecule has 1 aromatic carbocycles. The van der Waals surface area contributed by atoms with Crippen LogP contribution in [-0.4, -0.2) is 22.0 Å². The molecule has 0 aliphatic heterocycles. The van der Waals surface area contributed by atoms with Gasteiger partial charge in [-0.3, -0.25) is 0 Å². The van der Waals surface area contributed by atoms with Crippen molar-refractivity contribution in [3.63, 3.8) is 0 Å². The van der Waals surface area contributed by atoms with Crippen LogP contribution in [0.3, 0.4) is 0 Å². The van der Waals surface area contributed by atoms with Gasteiger partial charge in [-0.1, -0.05) is 30.3 Å². The van der Waals surface area contributed by atoms with E-state index in [0.29, 0.717) is 12.3 Å². The number of rotatable bonds is 3. The molecule has 17 heavy (non-hydrogen) atoms. The summed E-state index contributed by atoms with van der Waals surface area (Å²) in [6.45, 7) is 5.67. The molecule has 3 nitrogen and oxygen atoms in total. The van der Waals surface area contributed by atoms with Gasteiger partial charge in [0.15, 0.2) is 0 Å². The number of methoxy groups -OCH3 is 1. The van der Waals surface area contributed by atoms with Gasteiger partial charge in [-0.15, -0.1) is 0 Å². The Kier molecular flexibility index (Phi) is 4.87. The molecule has 1 atom stereocenters. The molecule has 0 amide bonds. The van der Waals surface area contributed by atoms with Crippen molar-refractivity contribution in [2.45, 2.75) is 31.9 Å². The predicted octanol–water partition coefficient (Wildman–Crippen LogP) is 2.74. The molecule has 94 valence electrons. The Balaban J connectivity index is 2.79. The molecule has 4 heteroatoms. The third kappa shape index (κ3) is 4.69. The van der Waals surface area contributed by atoms with Crippen molar-refractivity contribution in [2.24, 2.45) is 4.40 Å². The smallest absolute Gasteiger partial charge is 0.201 e. The topological polar surface area (TPSA) is 38.7 Å². The maximum atomic E-state index is 11.9. The van der Waals surface area contributed by atoms with E-state index < -0.39 is 11.0 Å². The molecule has 0 unspecified atom stereocenters. The fourth-order valence-corrected chi connectivity index (χ4v) is 1.74. The molecule has 0 fully saturated rings. The van der Waals surface area contributed by atoms with Crippen LogP contribution in [0, 0.1) is 0 Å². The second kappa shape index (κ2) is 5.96. The van der Waals surface area contributed by atoms with E-state index in [1.54, 1.807) is 7.11 Å². The van der Waals surface area contributed by atoms with Crippen molar-refractivity contribution in [1.29, 1.82) is 0 Å². The molecule has 0 saturated carbocycles. The van der Waals surface area contributed by atoms with E-state index in [9.17, 15) is 4.21 Å². The van der Waals surface area contributed by atoms with Crippen LogP contribution < -0.4 is 0 Å². The zero-order valence-corrected chi connectivity index (χ0v) is 11.6. The van der Waals surface area contributed by atoms with E-state index in [4.69, 9.17) is 4.74 Å². The first-order valence-electron chi connectivity index (χ1n) is 5.51. The van der Waals surface area contributed by atoms with E-state index in [0.717, 1.165) is 5.56 Å². The number of hydrogen-bond donors (Lipinski definition) is 0. The molecule has 0 N–H and O–H groups in total. The summed E-state index contributed by atoms with van der Waals surface area (Å²) in [7, 11) is 0.279. The summed E-state index contributed by atoms with van der Waals surface area (Å²) in [6, 6.07) is 9.87. The lowest BCUT2D eigenvalue weighted by Crippen LogP contribution is -2.21. The van der Waals surface area contributed by atoms with E-state index in [1.807, 2.05) is 51.1 Å². The highest BCUT2D eigenvalue weighted by molar-refractivity contribution is 7.85. The van der Waals surface area contributed by atoms with E-state index in [2.05, 4.69) is 4.40 Å². The zero-order valence-electron chi connectivity index (χ0n) is 10.8. The third-order valence-electron chi connectivity index (χ3n) is 2.14. The first kappa shape index (κ1) is 13.9. The summed E-state index contributed by atoms with van der Waals surface area (Å²) in [5.74, 6) is 0.504. The lowest BCUT2D eigenvalue weighted by atomic mass is 10.1. The standard InChI is InChI=1S/C13H19NO2S/c1-13(2,3)17(15)14-12(16-4)10-11-8-6-5-7-9-11/h5-9H,10H2,1-4H3/b14-12+/t17-/m1/s1. The predicted molar refractivity (Wildman–Crippen MR) is 72.5 cm³/mol. The van der Waals surface area contributed by atoms with Gasteiger partial charge in [0.05, 0.1) is 11.9 Å². The fraction of sp³-hybridized carbons (Fsp3) is 0.462. The molecule has 0 aliphatic carbocycles. The molecule has 0 aromatic heterocycles. The van der Waals surface area contributed by atoms with Crippen LogP contribution in [0.15, 0.2) is 34.7 Å². The van der Waals surface area contributed by atoms with Crippen LogP contribution in [0.4, 0.5) is 0 Å². The summed E-state index contributed by atoms with van der Waals surface area (Å²) in [6.07, 6.45) is 0.569. The van der Waals surface area contributed by atoms with Crippen LogP contribution in [0.2, 0.25) is 0 Å². The maximum absolute atomic E-state index is 11.9. The number of benzene rings is 1. The summed E-state index contributed by atoms with van der Waals surface area (Å²) in [5, 5.41) is 0. The molecular weight excluding hydrogens is 234 g/mol. The van der Waals surface area contributed by atoms with Gasteiger partial charge in [0, 0.05) is 6.42 Å². The molecule has 0 bridgehead atoms. The van der Waals surface area contributed by atoms with E-state index in [1.165, 1.54) is 0 Å². The average molecular weight is 253 g/mol. The molecule has 0 heterocycles. The van der Waals surface area contributed by atoms with Gasteiger partial charge in [0.1, 0.15) is 11.0 Å². The molecule has 0 spiro atoms. The largest absolute Gasteiger partial charge is 0.483 e. The van der Waals surface area contributed by atoms with Crippen molar-refractivity contribution in [3.8, 4) is 0 Å². The highest BCUT2D eigenvalue weighted by atomic mass is 32.2. The van der Waals surface area contributed by atoms with Gasteiger partial charge < -0.3 is 4.74 Å². The minimum Gasteiger partial charge on any atom is -0.483 e. The average Bonchev–Trinajstić information content (AvgIpc) is 2.28. The lowest BCUT2D eigenvalue weighted by molar-refractivity contribution is 0.395. The number of ether oxygens (including phenoxy) is 1. The Morgan fingerprint density at radius 3 is 2.35 bits per heavy atom. The van der Waals surface area contributed by atoms with Crippen molar-refractivity contribution < 1.29 is 8.95 Å². The Morgan fingerprint density at radius 1 is 1.29 bits per heavy atom. The first-order valence-corrected chi connectivity index (χ1v) is 6.61. The van der Waals surface area contributed by atoms with Crippen molar-refractivity contribution in [3.05, 3.63) is 35.9 Å². The molecular formula is C13H19NO2S. The maximum Gasteiger partial charge on any atom is 0.201 e. The molecule has 0 radical (unpaired) electrons. The van der Waals surface area contributed by atoms with Crippen LogP contribution in [0.25, 0.3) is 0 Å². The molecule has 0 aliphatic rings. The van der Waals surface area contributed by atoms with Gasteiger partial charge in [0.2, 0.25) is 5.90 Å². The normalized spacial score (nSPS) is 14.5. The highest BCUT2D eigenvalue weighted by Crippen LogP contribution is 2.13. The van der Waals surface area contributed by atoms with Crippen LogP contribution in [0.1, 0.15) is 26.3 Å². The van der Waals surface area contributed by atoms with Crippen molar-refractivity contribution in [2.75, 3.05) is 7.11 Å². The Morgan fingerprint density at radius 2 is 1.88 bits per heavy atom. The van der Waals surface area contributed by atoms with E-state index >= 15 is 0 Å². The van der Waals surface area contributed by atoms with Crippen molar-refractivity contribution >= 4 is 16.9 Å². The minimum atomic E-state index is -1.28. The Hall–Kier alpha value is -1.16. The van der Waals surface area contributed by atoms with Gasteiger partial charge in [0.25, 0.3) is 0 Å². The van der Waals surface area contributed by atoms with Crippen LogP contribution in [0.5, 0.6) is 0 Å². The second-order valence-corrected chi connectivity index (χ2v) is 6.62. The second-order valence-electron chi connectivity index (χ2n) is 4.71. The number of nitrogens with zero attached hydrogens (tertiary/aromatic N) is 1. The highest BCUT2D eigenvalue weighted by Gasteiger charge is 2.20. The Bertz CT molecular complexity index is 407. The fourth-order valence-electron chi connectivity index (χ4n) is 1.14. The molecule has 1 aromatic rings. The van der Waals surface area contributed by atoms with Gasteiger partial charge >= 0.3 is 0 Å². The Labute approximate surface area is 106 Å². The summed E-state index contributed by atoms with van der Waals surface area (Å²) in [4.78, 5) is 0. The zero-order chi connectivity index (χ0) is 12.9. The minimum absolute atomic E-state index is 0.361. The SMILES string of the molecule is CO/C(Cc1ccccc1)=N/[S@](=O)C(C)(C)C. The monoisotopic (exact) mass is 253 g/mol. The third-order valence-corrected chi connectivity index (χ3v) is 3.56. The van der Waals surface area contributed by atoms with Gasteiger partial charge in [-0.05, 0) is 26.3 Å². The first-order chi connectivity index (χ1) is 7.93. The number of hydrogen-bond acceptors (Lipinski definition) is 2. The summed E-state index contributed by atoms with van der Waals surface area (Å²) >= 11 is 0. The van der Waals surface area contributed by atoms with Gasteiger partial charge in [-0.25, -0.2) is 4.21 Å². The lowest BCUT2D eigenvalue weighted by Gasteiger charge is -2.14. The summed E-state index contributed by atoms with van der Waals surface area (Å²) < 4.78 is 20.8.